The zero-order valence-corrected chi connectivity index (χ0v) is 21.3. The predicted octanol–water partition coefficient (Wildman–Crippen LogP) is 3.35. The first-order valence-electron chi connectivity index (χ1n) is 12.6. The summed E-state index contributed by atoms with van der Waals surface area (Å²) >= 11 is 0. The van der Waals surface area contributed by atoms with Gasteiger partial charge >= 0.3 is 0 Å². The van der Waals surface area contributed by atoms with Crippen LogP contribution in [0.2, 0.25) is 0 Å². The number of methoxy groups -OCH3 is 1. The Hall–Kier alpha value is -3.39. The molecule has 0 spiro atoms. The van der Waals surface area contributed by atoms with Crippen molar-refractivity contribution in [1.29, 1.82) is 0 Å². The molecule has 4 rings (SSSR count). The van der Waals surface area contributed by atoms with E-state index in [2.05, 4.69) is 13.8 Å². The Morgan fingerprint density at radius 1 is 1.06 bits per heavy atom. The molecule has 0 aromatic heterocycles. The van der Waals surface area contributed by atoms with Crippen molar-refractivity contribution in [3.05, 3.63) is 59.7 Å². The Bertz CT molecular complexity index is 1100. The molecule has 0 unspecified atom stereocenters. The van der Waals surface area contributed by atoms with Crippen molar-refractivity contribution in [1.82, 2.24) is 9.80 Å². The molecular formula is C28H35N3O5. The number of anilines is 1. The first-order chi connectivity index (χ1) is 17.3. The molecule has 0 bridgehead atoms. The zero-order valence-electron chi connectivity index (χ0n) is 21.3. The molecule has 3 amide bonds. The molecule has 2 aliphatic heterocycles. The van der Waals surface area contributed by atoms with E-state index in [0.717, 1.165) is 23.4 Å². The van der Waals surface area contributed by atoms with Crippen molar-refractivity contribution in [2.24, 2.45) is 5.92 Å². The van der Waals surface area contributed by atoms with E-state index in [4.69, 9.17) is 9.47 Å². The van der Waals surface area contributed by atoms with Crippen LogP contribution in [-0.4, -0.2) is 73.5 Å². The lowest BCUT2D eigenvalue weighted by atomic mass is 10.1. The standard InChI is InChI=1S/C28H35N3O5/c1-20(2)15-29-16-25(36-19-21-7-4-10-24(13-21)35-3)17-30(18-27(29)33)28(34)22-8-5-9-23(14-22)31-12-6-11-26(31)32/h4-5,7-10,13-14,20,25H,6,11-12,15-19H2,1-3H3/t25-/m0/s1. The molecular weight excluding hydrogens is 458 g/mol. The molecule has 0 aliphatic carbocycles. The monoisotopic (exact) mass is 493 g/mol. The maximum Gasteiger partial charge on any atom is 0.254 e. The zero-order chi connectivity index (χ0) is 25.7. The van der Waals surface area contributed by atoms with Crippen LogP contribution in [0, 0.1) is 5.92 Å². The number of hydrogen-bond acceptors (Lipinski definition) is 5. The summed E-state index contributed by atoms with van der Waals surface area (Å²) in [5, 5.41) is 0. The van der Waals surface area contributed by atoms with E-state index in [9.17, 15) is 14.4 Å². The van der Waals surface area contributed by atoms with Crippen LogP contribution in [0.4, 0.5) is 5.69 Å². The third kappa shape index (κ3) is 6.23. The topological polar surface area (TPSA) is 79.4 Å². The van der Waals surface area contributed by atoms with Crippen LogP contribution in [-0.2, 0) is 20.9 Å². The van der Waals surface area contributed by atoms with E-state index < -0.39 is 0 Å². The minimum atomic E-state index is -0.339. The Labute approximate surface area is 212 Å². The molecule has 2 heterocycles. The number of carbonyl (C=O) groups is 3. The van der Waals surface area contributed by atoms with Crippen LogP contribution >= 0.6 is 0 Å². The maximum atomic E-state index is 13.6. The third-order valence-corrected chi connectivity index (χ3v) is 6.50. The molecule has 0 radical (unpaired) electrons. The Morgan fingerprint density at radius 2 is 1.86 bits per heavy atom. The molecule has 0 saturated carbocycles. The SMILES string of the molecule is COc1cccc(CO[C@H]2CN(CC(C)C)C(=O)CN(C(=O)c3cccc(N4CCCC4=O)c3)C2)c1. The summed E-state index contributed by atoms with van der Waals surface area (Å²) in [5.41, 5.74) is 2.14. The van der Waals surface area contributed by atoms with E-state index in [-0.39, 0.29) is 30.4 Å². The first-order valence-corrected chi connectivity index (χ1v) is 12.6. The van der Waals surface area contributed by atoms with Crippen LogP contribution in [0.25, 0.3) is 0 Å². The van der Waals surface area contributed by atoms with E-state index in [0.29, 0.717) is 50.7 Å². The molecule has 8 nitrogen and oxygen atoms in total. The van der Waals surface area contributed by atoms with Gasteiger partial charge in [0.1, 0.15) is 12.3 Å². The molecule has 8 heteroatoms. The van der Waals surface area contributed by atoms with Gasteiger partial charge in [-0.15, -0.1) is 0 Å². The van der Waals surface area contributed by atoms with Gasteiger partial charge < -0.3 is 24.2 Å². The van der Waals surface area contributed by atoms with Crippen molar-refractivity contribution in [2.45, 2.75) is 39.4 Å². The van der Waals surface area contributed by atoms with E-state index in [1.165, 1.54) is 0 Å². The number of hydrogen-bond donors (Lipinski definition) is 0. The minimum absolute atomic E-state index is 0.00253. The van der Waals surface area contributed by atoms with E-state index in [1.807, 2.05) is 30.3 Å². The van der Waals surface area contributed by atoms with Crippen molar-refractivity contribution in [2.75, 3.05) is 44.7 Å². The lowest BCUT2D eigenvalue weighted by molar-refractivity contribution is -0.132. The van der Waals surface area contributed by atoms with Gasteiger partial charge in [0.2, 0.25) is 11.8 Å². The molecule has 2 saturated heterocycles. The average molecular weight is 494 g/mol. The quantitative estimate of drug-likeness (QED) is 0.564. The average Bonchev–Trinajstić information content (AvgIpc) is 3.24. The summed E-state index contributed by atoms with van der Waals surface area (Å²) in [6.07, 6.45) is 1.00. The van der Waals surface area contributed by atoms with E-state index >= 15 is 0 Å². The number of benzene rings is 2. The highest BCUT2D eigenvalue weighted by atomic mass is 16.5. The molecule has 2 fully saturated rings. The summed E-state index contributed by atoms with van der Waals surface area (Å²) in [4.78, 5) is 44.0. The molecule has 2 aromatic rings. The van der Waals surface area contributed by atoms with Gasteiger partial charge in [0.25, 0.3) is 5.91 Å². The molecule has 2 aliphatic rings. The first kappa shape index (κ1) is 25.7. The van der Waals surface area contributed by atoms with Gasteiger partial charge in [-0.1, -0.05) is 32.0 Å². The summed E-state index contributed by atoms with van der Waals surface area (Å²) in [7, 11) is 1.62. The van der Waals surface area contributed by atoms with Crippen LogP contribution in [0.3, 0.4) is 0 Å². The second-order valence-corrected chi connectivity index (χ2v) is 9.86. The normalized spacial score (nSPS) is 18.7. The smallest absolute Gasteiger partial charge is 0.254 e. The lowest BCUT2D eigenvalue weighted by Crippen LogP contribution is -2.40. The highest BCUT2D eigenvalue weighted by Crippen LogP contribution is 2.24. The van der Waals surface area contributed by atoms with Gasteiger partial charge in [0.05, 0.1) is 19.8 Å². The summed E-state index contributed by atoms with van der Waals surface area (Å²) in [5.74, 6) is 0.792. The number of rotatable bonds is 8. The third-order valence-electron chi connectivity index (χ3n) is 6.50. The van der Waals surface area contributed by atoms with E-state index in [1.54, 1.807) is 40.0 Å². The van der Waals surface area contributed by atoms with Crippen molar-refractivity contribution < 1.29 is 23.9 Å². The molecule has 192 valence electrons. The minimum Gasteiger partial charge on any atom is -0.497 e. The molecule has 0 N–H and O–H groups in total. The Morgan fingerprint density at radius 3 is 2.58 bits per heavy atom. The summed E-state index contributed by atoms with van der Waals surface area (Å²) < 4.78 is 11.6. The van der Waals surface area contributed by atoms with Gasteiger partial charge in [0, 0.05) is 43.9 Å². The van der Waals surface area contributed by atoms with Gasteiger partial charge in [-0.25, -0.2) is 0 Å². The molecule has 2 aromatic carbocycles. The van der Waals surface area contributed by atoms with Crippen LogP contribution in [0.5, 0.6) is 5.75 Å². The van der Waals surface area contributed by atoms with Crippen LogP contribution < -0.4 is 9.64 Å². The van der Waals surface area contributed by atoms with Gasteiger partial charge in [-0.2, -0.15) is 0 Å². The number of carbonyl (C=O) groups excluding carboxylic acids is 3. The van der Waals surface area contributed by atoms with Crippen LogP contribution in [0.1, 0.15) is 42.6 Å². The summed E-state index contributed by atoms with van der Waals surface area (Å²) in [6, 6.07) is 14.8. The van der Waals surface area contributed by atoms with Gasteiger partial charge in [-0.05, 0) is 48.2 Å². The summed E-state index contributed by atoms with van der Waals surface area (Å²) in [6.45, 7) is 6.47. The number of amides is 3. The second-order valence-electron chi connectivity index (χ2n) is 9.86. The fraction of sp³-hybridized carbons (Fsp3) is 0.464. The Balaban J connectivity index is 1.52. The predicted molar refractivity (Wildman–Crippen MR) is 137 cm³/mol. The van der Waals surface area contributed by atoms with Gasteiger partial charge in [-0.3, -0.25) is 14.4 Å². The second kappa shape index (κ2) is 11.6. The lowest BCUT2D eigenvalue weighted by Gasteiger charge is -2.26. The number of nitrogens with zero attached hydrogens (tertiary/aromatic N) is 3. The highest BCUT2D eigenvalue weighted by Gasteiger charge is 2.32. The largest absolute Gasteiger partial charge is 0.497 e. The molecule has 36 heavy (non-hydrogen) atoms. The van der Waals surface area contributed by atoms with Gasteiger partial charge in [0.15, 0.2) is 0 Å². The maximum absolute atomic E-state index is 13.6. The van der Waals surface area contributed by atoms with Crippen LogP contribution in [0.15, 0.2) is 48.5 Å². The Kier molecular flexibility index (Phi) is 8.25. The molecule has 1 atom stereocenters. The fourth-order valence-electron chi connectivity index (χ4n) is 4.74. The van der Waals surface area contributed by atoms with Crippen molar-refractivity contribution >= 4 is 23.4 Å². The fourth-order valence-corrected chi connectivity index (χ4v) is 4.74. The number of ether oxygens (including phenoxy) is 2. The van der Waals surface area contributed by atoms with Crippen molar-refractivity contribution in [3.63, 3.8) is 0 Å². The highest BCUT2D eigenvalue weighted by molar-refractivity contribution is 6.00. The van der Waals surface area contributed by atoms with Crippen molar-refractivity contribution in [3.8, 4) is 5.75 Å².